The number of hydrogen-bond acceptors (Lipinski definition) is 3. The van der Waals surface area contributed by atoms with Crippen molar-refractivity contribution in [3.8, 4) is 0 Å². The number of amides is 1. The summed E-state index contributed by atoms with van der Waals surface area (Å²) in [6.45, 7) is 6.59. The number of rotatable bonds is 2. The lowest BCUT2D eigenvalue weighted by atomic mass is 9.63. The first-order chi connectivity index (χ1) is 13.3. The third-order valence-corrected chi connectivity index (χ3v) is 7.78. The molecule has 1 amide bonds. The first-order valence-corrected chi connectivity index (χ1v) is 10.0. The van der Waals surface area contributed by atoms with Gasteiger partial charge >= 0.3 is 0 Å². The fourth-order valence-corrected chi connectivity index (χ4v) is 5.52. The second-order valence-electron chi connectivity index (χ2n) is 8.71. The minimum absolute atomic E-state index is 0.0438. The summed E-state index contributed by atoms with van der Waals surface area (Å²) in [5.74, 6) is -0.0438. The van der Waals surface area contributed by atoms with E-state index in [9.17, 15) is 4.79 Å². The van der Waals surface area contributed by atoms with Crippen LogP contribution in [0.3, 0.4) is 0 Å². The predicted octanol–water partition coefficient (Wildman–Crippen LogP) is 5.25. The molecule has 2 aromatic carbocycles. The Bertz CT molecular complexity index is 1140. The number of nitrogens with zero attached hydrogens (tertiary/aromatic N) is 2. The van der Waals surface area contributed by atoms with Crippen LogP contribution >= 0.6 is 11.6 Å². The molecule has 5 rings (SSSR count). The van der Waals surface area contributed by atoms with Crippen LogP contribution in [0.2, 0.25) is 5.02 Å². The highest BCUT2D eigenvalue weighted by atomic mass is 35.5. The smallest absolute Gasteiger partial charge is 0.237 e. The van der Waals surface area contributed by atoms with Crippen LogP contribution in [-0.2, 0) is 15.6 Å². The molecular weight excluding hydrogens is 370 g/mol. The van der Waals surface area contributed by atoms with Crippen LogP contribution in [0.1, 0.15) is 45.0 Å². The van der Waals surface area contributed by atoms with Crippen molar-refractivity contribution in [2.75, 3.05) is 5.32 Å². The molecule has 5 heteroatoms. The number of carbonyl (C=O) groups excluding carboxylic acids is 1. The summed E-state index contributed by atoms with van der Waals surface area (Å²) in [6.07, 6.45) is 1.67. The van der Waals surface area contributed by atoms with Gasteiger partial charge in [0.1, 0.15) is 0 Å². The van der Waals surface area contributed by atoms with Crippen molar-refractivity contribution in [2.24, 2.45) is 5.41 Å². The second-order valence-corrected chi connectivity index (χ2v) is 9.11. The van der Waals surface area contributed by atoms with Crippen molar-refractivity contribution in [1.82, 2.24) is 9.97 Å². The van der Waals surface area contributed by atoms with Crippen molar-refractivity contribution >= 4 is 34.2 Å². The maximum atomic E-state index is 13.8. The Hall–Kier alpha value is -2.46. The molecule has 2 atom stereocenters. The topological polar surface area (TPSA) is 54.9 Å². The van der Waals surface area contributed by atoms with Gasteiger partial charge in [-0.05, 0) is 42.5 Å². The lowest BCUT2D eigenvalue weighted by Gasteiger charge is -2.39. The molecule has 0 unspecified atom stereocenters. The highest BCUT2D eigenvalue weighted by molar-refractivity contribution is 6.33. The van der Waals surface area contributed by atoms with Crippen LogP contribution in [0.4, 0.5) is 5.69 Å². The van der Waals surface area contributed by atoms with Gasteiger partial charge in [0.15, 0.2) is 0 Å². The summed E-state index contributed by atoms with van der Waals surface area (Å²) >= 11 is 6.31. The number of nitrogens with one attached hydrogen (secondary N) is 1. The molecule has 2 aliphatic rings. The van der Waals surface area contributed by atoms with Crippen LogP contribution in [0, 0.1) is 5.41 Å². The predicted molar refractivity (Wildman–Crippen MR) is 112 cm³/mol. The molecule has 0 aliphatic heterocycles. The fourth-order valence-electron chi connectivity index (χ4n) is 5.34. The summed E-state index contributed by atoms with van der Waals surface area (Å²) in [7, 11) is 0. The van der Waals surface area contributed by atoms with Gasteiger partial charge in [-0.25, -0.2) is 9.97 Å². The highest BCUT2D eigenvalue weighted by Crippen LogP contribution is 2.70. The molecule has 142 valence electrons. The number of benzene rings is 2. The third-order valence-electron chi connectivity index (χ3n) is 7.45. The van der Waals surface area contributed by atoms with E-state index in [-0.39, 0.29) is 16.7 Å². The van der Waals surface area contributed by atoms with E-state index in [1.54, 1.807) is 6.07 Å². The SMILES string of the molecule is CC1(C)[C@]2(C)CC[C@@]1(C(=O)Nc1ccccc1Cl)c1nc3ccccc3nc12. The molecule has 1 fully saturated rings. The molecule has 1 N–H and O–H groups in total. The molecule has 3 aromatic rings. The van der Waals surface area contributed by atoms with Crippen molar-refractivity contribution in [2.45, 2.75) is 44.4 Å². The average molecular weight is 392 g/mol. The van der Waals surface area contributed by atoms with Gasteiger partial charge in [-0.3, -0.25) is 4.79 Å². The van der Waals surface area contributed by atoms with Crippen molar-refractivity contribution in [3.63, 3.8) is 0 Å². The maximum absolute atomic E-state index is 13.8. The van der Waals surface area contributed by atoms with Crippen molar-refractivity contribution in [3.05, 3.63) is 64.9 Å². The van der Waals surface area contributed by atoms with E-state index in [1.165, 1.54) is 0 Å². The lowest BCUT2D eigenvalue weighted by Crippen LogP contribution is -2.48. The van der Waals surface area contributed by atoms with Gasteiger partial charge in [0, 0.05) is 5.41 Å². The van der Waals surface area contributed by atoms with Crippen LogP contribution in [0.5, 0.6) is 0 Å². The van der Waals surface area contributed by atoms with Gasteiger partial charge in [0.25, 0.3) is 0 Å². The highest BCUT2D eigenvalue weighted by Gasteiger charge is 2.73. The second kappa shape index (κ2) is 5.54. The molecule has 0 saturated heterocycles. The molecule has 2 bridgehead atoms. The Morgan fingerprint density at radius 3 is 2.21 bits per heavy atom. The molecule has 0 spiro atoms. The Morgan fingerprint density at radius 1 is 0.929 bits per heavy atom. The van der Waals surface area contributed by atoms with Crippen LogP contribution in [0.15, 0.2) is 48.5 Å². The summed E-state index contributed by atoms with van der Waals surface area (Å²) in [4.78, 5) is 23.7. The fraction of sp³-hybridized carbons (Fsp3) is 0.348. The number of fused-ring (bicyclic) bond motifs is 6. The Kier molecular flexibility index (Phi) is 3.49. The van der Waals surface area contributed by atoms with Crippen molar-refractivity contribution in [1.29, 1.82) is 0 Å². The van der Waals surface area contributed by atoms with Crippen LogP contribution in [0.25, 0.3) is 11.0 Å². The number of carbonyl (C=O) groups is 1. The Balaban J connectivity index is 1.72. The van der Waals surface area contributed by atoms with Crippen molar-refractivity contribution < 1.29 is 4.79 Å². The summed E-state index contributed by atoms with van der Waals surface area (Å²) in [5, 5.41) is 3.63. The zero-order valence-electron chi connectivity index (χ0n) is 16.2. The summed E-state index contributed by atoms with van der Waals surface area (Å²) < 4.78 is 0. The van der Waals surface area contributed by atoms with Gasteiger partial charge in [-0.1, -0.05) is 56.6 Å². The van der Waals surface area contributed by atoms with Gasteiger partial charge in [0.2, 0.25) is 5.91 Å². The first kappa shape index (κ1) is 17.6. The molecule has 0 radical (unpaired) electrons. The Labute approximate surface area is 169 Å². The standard InChI is InChI=1S/C23H22ClN3O/c1-21(2)22(3)12-13-23(21,20(28)27-15-9-5-4-8-14(15)24)19-18(22)25-16-10-6-7-11-17(16)26-19/h4-11H,12-13H2,1-3H3,(H,27,28)/t22-,23+/m1/s1. The minimum atomic E-state index is -0.729. The lowest BCUT2D eigenvalue weighted by molar-refractivity contribution is -0.125. The van der Waals surface area contributed by atoms with Gasteiger partial charge in [-0.2, -0.15) is 0 Å². The van der Waals surface area contributed by atoms with E-state index in [0.717, 1.165) is 35.3 Å². The molecule has 2 aliphatic carbocycles. The zero-order valence-corrected chi connectivity index (χ0v) is 17.0. The minimum Gasteiger partial charge on any atom is -0.324 e. The molecule has 1 heterocycles. The largest absolute Gasteiger partial charge is 0.324 e. The number of hydrogen-bond donors (Lipinski definition) is 1. The van der Waals surface area contributed by atoms with Gasteiger partial charge in [-0.15, -0.1) is 0 Å². The number of aromatic nitrogens is 2. The van der Waals surface area contributed by atoms with E-state index in [0.29, 0.717) is 10.7 Å². The average Bonchev–Trinajstić information content (AvgIpc) is 2.98. The monoisotopic (exact) mass is 391 g/mol. The quantitative estimate of drug-likeness (QED) is 0.649. The van der Waals surface area contributed by atoms with Crippen LogP contribution < -0.4 is 5.32 Å². The van der Waals surface area contributed by atoms with E-state index >= 15 is 0 Å². The molecular formula is C23H22ClN3O. The van der Waals surface area contributed by atoms with Gasteiger partial charge in [0.05, 0.1) is 38.5 Å². The van der Waals surface area contributed by atoms with Gasteiger partial charge < -0.3 is 5.32 Å². The maximum Gasteiger partial charge on any atom is 0.237 e. The first-order valence-electron chi connectivity index (χ1n) is 9.65. The van der Waals surface area contributed by atoms with E-state index < -0.39 is 5.41 Å². The molecule has 1 saturated carbocycles. The zero-order chi connectivity index (χ0) is 19.7. The van der Waals surface area contributed by atoms with E-state index in [1.807, 2.05) is 42.5 Å². The van der Waals surface area contributed by atoms with E-state index in [4.69, 9.17) is 21.6 Å². The number of para-hydroxylation sites is 3. The normalized spacial score (nSPS) is 27.0. The number of anilines is 1. The molecule has 1 aromatic heterocycles. The van der Waals surface area contributed by atoms with Crippen LogP contribution in [-0.4, -0.2) is 15.9 Å². The Morgan fingerprint density at radius 2 is 1.54 bits per heavy atom. The third kappa shape index (κ3) is 1.94. The van der Waals surface area contributed by atoms with E-state index in [2.05, 4.69) is 26.1 Å². The molecule has 4 nitrogen and oxygen atoms in total. The summed E-state index contributed by atoms with van der Waals surface area (Å²) in [5.41, 5.74) is 2.90. The number of halogens is 1. The summed E-state index contributed by atoms with van der Waals surface area (Å²) in [6, 6.07) is 15.2. The molecule has 28 heavy (non-hydrogen) atoms.